The fourth-order valence-corrected chi connectivity index (χ4v) is 2.93. The van der Waals surface area contributed by atoms with Crippen molar-refractivity contribution in [2.75, 3.05) is 18.0 Å². The van der Waals surface area contributed by atoms with E-state index in [9.17, 15) is 4.79 Å². The minimum atomic E-state index is -0.0186. The third kappa shape index (κ3) is 3.40. The lowest BCUT2D eigenvalue weighted by Gasteiger charge is -2.33. The van der Waals surface area contributed by atoms with Crippen molar-refractivity contribution in [3.63, 3.8) is 0 Å². The maximum Gasteiger partial charge on any atom is 0.244 e. The third-order valence-corrected chi connectivity index (χ3v) is 4.32. The number of hydrogen-bond donors (Lipinski definition) is 1. The topological polar surface area (TPSA) is 32.3 Å². The molecule has 3 nitrogen and oxygen atoms in total. The Morgan fingerprint density at radius 3 is 2.60 bits per heavy atom. The monoisotopic (exact) mass is 274 g/mol. The molecule has 110 valence electrons. The molecule has 3 heteroatoms. The minimum absolute atomic E-state index is 0.0186. The Labute approximate surface area is 122 Å². The van der Waals surface area contributed by atoms with Gasteiger partial charge in [0.25, 0.3) is 0 Å². The standard InChI is InChI=1S/C17H26N2O/c1-4-14-10-11-18-16(12-14)17(20)19(5-2)15-8-6-13(3)7-9-15/h6-9,14,16,18H,4-5,10-12H2,1-3H3. The number of nitrogens with one attached hydrogen (secondary N) is 1. The number of amides is 1. The van der Waals surface area contributed by atoms with Gasteiger partial charge in [-0.15, -0.1) is 0 Å². The summed E-state index contributed by atoms with van der Waals surface area (Å²) in [5, 5.41) is 3.39. The number of likely N-dealkylation sites (N-methyl/N-ethyl adjacent to an activating group) is 1. The number of benzene rings is 1. The van der Waals surface area contributed by atoms with Gasteiger partial charge in [-0.1, -0.05) is 31.0 Å². The second kappa shape index (κ2) is 6.89. The van der Waals surface area contributed by atoms with Crippen molar-refractivity contribution < 1.29 is 4.79 Å². The molecule has 20 heavy (non-hydrogen) atoms. The first-order chi connectivity index (χ1) is 9.65. The summed E-state index contributed by atoms with van der Waals surface area (Å²) in [6.45, 7) is 8.00. The van der Waals surface area contributed by atoms with Crippen LogP contribution in [0, 0.1) is 12.8 Å². The van der Waals surface area contributed by atoms with Crippen molar-refractivity contribution in [1.82, 2.24) is 5.32 Å². The molecular formula is C17H26N2O. The molecule has 1 aliphatic heterocycles. The van der Waals surface area contributed by atoms with Crippen LogP contribution in [-0.4, -0.2) is 25.0 Å². The number of rotatable bonds is 4. The molecular weight excluding hydrogens is 248 g/mol. The van der Waals surface area contributed by atoms with Gasteiger partial charge in [0.2, 0.25) is 5.91 Å². The zero-order valence-electron chi connectivity index (χ0n) is 12.9. The van der Waals surface area contributed by atoms with Crippen LogP contribution in [0.15, 0.2) is 24.3 Å². The lowest BCUT2D eigenvalue weighted by molar-refractivity contribution is -0.121. The van der Waals surface area contributed by atoms with Gasteiger partial charge in [-0.2, -0.15) is 0 Å². The van der Waals surface area contributed by atoms with Gasteiger partial charge in [0.1, 0.15) is 0 Å². The molecule has 2 atom stereocenters. The zero-order chi connectivity index (χ0) is 14.5. The molecule has 0 aliphatic carbocycles. The molecule has 1 aromatic rings. The molecule has 1 amide bonds. The van der Waals surface area contributed by atoms with Crippen LogP contribution in [0.4, 0.5) is 5.69 Å². The molecule has 0 aromatic heterocycles. The summed E-state index contributed by atoms with van der Waals surface area (Å²) in [6.07, 6.45) is 3.33. The minimum Gasteiger partial charge on any atom is -0.311 e. The summed E-state index contributed by atoms with van der Waals surface area (Å²) in [5.41, 5.74) is 2.22. The quantitative estimate of drug-likeness (QED) is 0.915. The van der Waals surface area contributed by atoms with Crippen molar-refractivity contribution in [2.24, 2.45) is 5.92 Å². The van der Waals surface area contributed by atoms with Gasteiger partial charge in [-0.25, -0.2) is 0 Å². The van der Waals surface area contributed by atoms with E-state index >= 15 is 0 Å². The number of anilines is 1. The highest BCUT2D eigenvalue weighted by molar-refractivity contribution is 5.97. The molecule has 1 aliphatic rings. The van der Waals surface area contributed by atoms with Gasteiger partial charge < -0.3 is 10.2 Å². The number of carbonyl (C=O) groups is 1. The smallest absolute Gasteiger partial charge is 0.244 e. The van der Waals surface area contributed by atoms with Gasteiger partial charge in [-0.3, -0.25) is 4.79 Å². The van der Waals surface area contributed by atoms with E-state index < -0.39 is 0 Å². The van der Waals surface area contributed by atoms with Crippen LogP contribution in [0.1, 0.15) is 38.7 Å². The highest BCUT2D eigenvalue weighted by atomic mass is 16.2. The largest absolute Gasteiger partial charge is 0.311 e. The molecule has 1 saturated heterocycles. The van der Waals surface area contributed by atoms with Crippen LogP contribution in [-0.2, 0) is 4.79 Å². The van der Waals surface area contributed by atoms with Crippen molar-refractivity contribution in [1.29, 1.82) is 0 Å². The van der Waals surface area contributed by atoms with Gasteiger partial charge in [0.05, 0.1) is 6.04 Å². The highest BCUT2D eigenvalue weighted by Gasteiger charge is 2.29. The van der Waals surface area contributed by atoms with E-state index in [1.165, 1.54) is 18.4 Å². The Kier molecular flexibility index (Phi) is 5.18. The number of carbonyl (C=O) groups excluding carboxylic acids is 1. The lowest BCUT2D eigenvalue weighted by Crippen LogP contribution is -2.50. The van der Waals surface area contributed by atoms with Crippen LogP contribution >= 0.6 is 0 Å². The Hall–Kier alpha value is -1.35. The molecule has 1 N–H and O–H groups in total. The molecule has 2 unspecified atom stereocenters. The summed E-state index contributed by atoms with van der Waals surface area (Å²) >= 11 is 0. The van der Waals surface area contributed by atoms with E-state index in [0.717, 1.165) is 25.2 Å². The van der Waals surface area contributed by atoms with Gasteiger partial charge in [0.15, 0.2) is 0 Å². The molecule has 2 rings (SSSR count). The van der Waals surface area contributed by atoms with Crippen LogP contribution in [0.5, 0.6) is 0 Å². The molecule has 1 aromatic carbocycles. The van der Waals surface area contributed by atoms with Crippen LogP contribution < -0.4 is 10.2 Å². The zero-order valence-corrected chi connectivity index (χ0v) is 12.9. The van der Waals surface area contributed by atoms with Crippen molar-refractivity contribution in [3.8, 4) is 0 Å². The highest BCUT2D eigenvalue weighted by Crippen LogP contribution is 2.23. The van der Waals surface area contributed by atoms with Crippen molar-refractivity contribution in [3.05, 3.63) is 29.8 Å². The molecule has 0 bridgehead atoms. The molecule has 1 fully saturated rings. The van der Waals surface area contributed by atoms with E-state index in [0.29, 0.717) is 5.92 Å². The van der Waals surface area contributed by atoms with E-state index in [2.05, 4.69) is 31.3 Å². The first-order valence-corrected chi connectivity index (χ1v) is 7.77. The summed E-state index contributed by atoms with van der Waals surface area (Å²) < 4.78 is 0. The van der Waals surface area contributed by atoms with Crippen LogP contribution in [0.25, 0.3) is 0 Å². The summed E-state index contributed by atoms with van der Waals surface area (Å²) in [7, 11) is 0. The second-order valence-electron chi connectivity index (χ2n) is 5.72. The van der Waals surface area contributed by atoms with Gasteiger partial charge >= 0.3 is 0 Å². The Morgan fingerprint density at radius 2 is 2.00 bits per heavy atom. The number of nitrogens with zero attached hydrogens (tertiary/aromatic N) is 1. The average molecular weight is 274 g/mol. The van der Waals surface area contributed by atoms with Crippen molar-refractivity contribution >= 4 is 11.6 Å². The molecule has 0 radical (unpaired) electrons. The molecule has 0 saturated carbocycles. The van der Waals surface area contributed by atoms with E-state index in [1.807, 2.05) is 24.0 Å². The van der Waals surface area contributed by atoms with Crippen molar-refractivity contribution in [2.45, 2.75) is 46.1 Å². The predicted octanol–water partition coefficient (Wildman–Crippen LogP) is 3.13. The first-order valence-electron chi connectivity index (χ1n) is 7.77. The normalized spacial score (nSPS) is 22.6. The second-order valence-corrected chi connectivity index (χ2v) is 5.72. The van der Waals surface area contributed by atoms with Gasteiger partial charge in [0, 0.05) is 12.2 Å². The van der Waals surface area contributed by atoms with E-state index in [-0.39, 0.29) is 11.9 Å². The Balaban J connectivity index is 2.10. The average Bonchev–Trinajstić information content (AvgIpc) is 2.50. The van der Waals surface area contributed by atoms with E-state index in [4.69, 9.17) is 0 Å². The number of aryl methyl sites for hydroxylation is 1. The number of hydrogen-bond acceptors (Lipinski definition) is 2. The number of piperidine rings is 1. The molecule has 0 spiro atoms. The maximum atomic E-state index is 12.7. The Morgan fingerprint density at radius 1 is 1.30 bits per heavy atom. The SMILES string of the molecule is CCC1CCNC(C(=O)N(CC)c2ccc(C)cc2)C1. The van der Waals surface area contributed by atoms with Gasteiger partial charge in [-0.05, 0) is 51.3 Å². The fraction of sp³-hybridized carbons (Fsp3) is 0.588. The van der Waals surface area contributed by atoms with E-state index in [1.54, 1.807) is 0 Å². The summed E-state index contributed by atoms with van der Waals surface area (Å²) in [6, 6.07) is 8.19. The van der Waals surface area contributed by atoms with Crippen LogP contribution in [0.3, 0.4) is 0 Å². The maximum absolute atomic E-state index is 12.7. The Bertz CT molecular complexity index is 441. The predicted molar refractivity (Wildman–Crippen MR) is 84.0 cm³/mol. The van der Waals surface area contributed by atoms with Crippen LogP contribution in [0.2, 0.25) is 0 Å². The first kappa shape index (κ1) is 15.0. The third-order valence-electron chi connectivity index (χ3n) is 4.32. The summed E-state index contributed by atoms with van der Waals surface area (Å²) in [4.78, 5) is 14.6. The fourth-order valence-electron chi connectivity index (χ4n) is 2.93. The molecule has 1 heterocycles. The lowest BCUT2D eigenvalue weighted by atomic mass is 9.90. The summed E-state index contributed by atoms with van der Waals surface area (Å²) in [5.74, 6) is 0.899.